The van der Waals surface area contributed by atoms with E-state index < -0.39 is 35.1 Å². The number of carbonyl (C=O) groups excluding carboxylic acids is 1. The Balaban J connectivity index is 3.37. The molecular weight excluding hydrogens is 240 g/mol. The van der Waals surface area contributed by atoms with E-state index in [-0.39, 0.29) is 0 Å². The minimum absolute atomic E-state index is 0.485. The normalized spacial score (nSPS) is 24.8. The zero-order chi connectivity index (χ0) is 13.3. The van der Waals surface area contributed by atoms with Crippen LogP contribution >= 0.6 is 0 Å². The topological polar surface area (TPSA) is 53.2 Å². The molecule has 1 rings (SSSR count). The van der Waals surface area contributed by atoms with Gasteiger partial charge in [-0.2, -0.15) is 23.4 Å². The van der Waals surface area contributed by atoms with Crippen molar-refractivity contribution in [2.75, 3.05) is 0 Å². The van der Waals surface area contributed by atoms with Crippen molar-refractivity contribution >= 4 is 6.08 Å². The minimum atomic E-state index is -4.95. The van der Waals surface area contributed by atoms with Crippen LogP contribution in [0.2, 0.25) is 0 Å². The van der Waals surface area contributed by atoms with E-state index >= 15 is 0 Å². The van der Waals surface area contributed by atoms with Crippen molar-refractivity contribution < 1.29 is 22.4 Å². The molecule has 0 heterocycles. The summed E-state index contributed by atoms with van der Waals surface area (Å²) in [6.45, 7) is 1.24. The van der Waals surface area contributed by atoms with Crippen LogP contribution < -0.4 is 0 Å². The molecule has 0 N–H and O–H groups in total. The Kier molecular flexibility index (Phi) is 3.21. The van der Waals surface area contributed by atoms with E-state index in [4.69, 9.17) is 5.26 Å². The number of isocyanates is 1. The smallest absolute Gasteiger partial charge is 0.211 e. The molecule has 1 aliphatic rings. The Bertz CT molecular complexity index is 491. The molecule has 0 bridgehead atoms. The Morgan fingerprint density at radius 2 is 2.12 bits per heavy atom. The highest BCUT2D eigenvalue weighted by molar-refractivity contribution is 5.49. The molecule has 7 heteroatoms. The number of hydrogen-bond donors (Lipinski definition) is 0. The van der Waals surface area contributed by atoms with Gasteiger partial charge in [-0.25, -0.2) is 9.18 Å². The van der Waals surface area contributed by atoms with Gasteiger partial charge >= 0.3 is 6.18 Å². The fraction of sp³-hybridized carbons (Fsp3) is 0.400. The number of halogens is 4. The Hall–Kier alpha value is -1.93. The summed E-state index contributed by atoms with van der Waals surface area (Å²) >= 11 is 0. The predicted octanol–water partition coefficient (Wildman–Crippen LogP) is 2.72. The average Bonchev–Trinajstić information content (AvgIpc) is 2.13. The van der Waals surface area contributed by atoms with Crippen LogP contribution in [-0.2, 0) is 4.79 Å². The lowest BCUT2D eigenvalue weighted by molar-refractivity contribution is -0.0922. The summed E-state index contributed by atoms with van der Waals surface area (Å²) in [5, 5.41) is 8.60. The van der Waals surface area contributed by atoms with Crippen LogP contribution in [-0.4, -0.2) is 17.8 Å². The van der Waals surface area contributed by atoms with Gasteiger partial charge in [0.25, 0.3) is 0 Å². The highest BCUT2D eigenvalue weighted by Gasteiger charge is 2.44. The summed E-state index contributed by atoms with van der Waals surface area (Å²) in [5.41, 5.74) is -3.87. The van der Waals surface area contributed by atoms with Crippen molar-refractivity contribution in [3.8, 4) is 6.07 Å². The van der Waals surface area contributed by atoms with Gasteiger partial charge in [0.05, 0.1) is 11.6 Å². The lowest BCUT2D eigenvalue weighted by atomic mass is 9.85. The van der Waals surface area contributed by atoms with E-state index in [2.05, 4.69) is 4.99 Å². The first kappa shape index (κ1) is 13.1. The van der Waals surface area contributed by atoms with Gasteiger partial charge in [0.15, 0.2) is 0 Å². The van der Waals surface area contributed by atoms with Crippen LogP contribution in [0, 0.1) is 11.3 Å². The molecule has 3 nitrogen and oxygen atoms in total. The lowest BCUT2D eigenvalue weighted by Crippen LogP contribution is -2.28. The third-order valence-electron chi connectivity index (χ3n) is 2.23. The molecule has 0 fully saturated rings. The first-order chi connectivity index (χ1) is 7.73. The van der Waals surface area contributed by atoms with Crippen molar-refractivity contribution in [1.82, 2.24) is 0 Å². The number of allylic oxidation sites excluding steroid dienone is 2. The van der Waals surface area contributed by atoms with E-state index in [1.165, 1.54) is 13.0 Å². The number of nitrogens with zero attached hydrogens (tertiary/aromatic N) is 2. The monoisotopic (exact) mass is 246 g/mol. The maximum absolute atomic E-state index is 13.3. The third-order valence-corrected chi connectivity index (χ3v) is 2.23. The quantitative estimate of drug-likeness (QED) is 0.405. The third kappa shape index (κ3) is 2.60. The van der Waals surface area contributed by atoms with Crippen molar-refractivity contribution in [3.63, 3.8) is 0 Å². The molecule has 1 atom stereocenters. The number of nitriles is 1. The molecule has 1 unspecified atom stereocenters. The largest absolute Gasteiger partial charge is 0.420 e. The second kappa shape index (κ2) is 4.15. The Morgan fingerprint density at radius 1 is 1.53 bits per heavy atom. The number of hydrogen-bond acceptors (Lipinski definition) is 3. The van der Waals surface area contributed by atoms with Crippen LogP contribution in [0.15, 0.2) is 28.0 Å². The molecule has 17 heavy (non-hydrogen) atoms. The molecule has 0 saturated carbocycles. The number of aliphatic imine (C=N–C) groups is 1. The van der Waals surface area contributed by atoms with Gasteiger partial charge in [-0.15, -0.1) is 0 Å². The summed E-state index contributed by atoms with van der Waals surface area (Å²) in [7, 11) is 0. The molecular formula is C10H6F4N2O. The van der Waals surface area contributed by atoms with Crippen LogP contribution in [0.5, 0.6) is 0 Å². The van der Waals surface area contributed by atoms with E-state index in [1.807, 2.05) is 0 Å². The van der Waals surface area contributed by atoms with E-state index in [0.717, 1.165) is 6.08 Å². The summed E-state index contributed by atoms with van der Waals surface area (Å²) < 4.78 is 50.7. The minimum Gasteiger partial charge on any atom is -0.211 e. The molecule has 0 spiro atoms. The summed E-state index contributed by atoms with van der Waals surface area (Å²) in [5.74, 6) is -1.60. The van der Waals surface area contributed by atoms with Gasteiger partial charge in [-0.05, 0) is 13.0 Å². The number of alkyl halides is 3. The maximum Gasteiger partial charge on any atom is 0.420 e. The molecule has 0 amide bonds. The van der Waals surface area contributed by atoms with Gasteiger partial charge in [0, 0.05) is 12.0 Å². The van der Waals surface area contributed by atoms with E-state index in [9.17, 15) is 22.4 Å². The average molecular weight is 246 g/mol. The molecule has 0 saturated heterocycles. The highest BCUT2D eigenvalue weighted by atomic mass is 19.4. The Labute approximate surface area is 93.8 Å². The SMILES string of the molecule is CC1(N=C=O)C=C(F)C(C(F)(F)F)=C(C#N)C1. The van der Waals surface area contributed by atoms with Crippen molar-refractivity contribution in [1.29, 1.82) is 5.26 Å². The highest BCUT2D eigenvalue weighted by Crippen LogP contribution is 2.42. The standard InChI is InChI=1S/C10H6F4N2O/c1-9(16-5-17)2-6(4-15)8(7(11)3-9)10(12,13)14/h3H,2H2,1H3. The van der Waals surface area contributed by atoms with Gasteiger partial charge in [-0.1, -0.05) is 0 Å². The van der Waals surface area contributed by atoms with Crippen molar-refractivity contribution in [3.05, 3.63) is 23.0 Å². The fourth-order valence-corrected chi connectivity index (χ4v) is 1.56. The molecule has 0 radical (unpaired) electrons. The zero-order valence-corrected chi connectivity index (χ0v) is 8.60. The predicted molar refractivity (Wildman–Crippen MR) is 49.0 cm³/mol. The number of rotatable bonds is 1. The van der Waals surface area contributed by atoms with Gasteiger partial charge in [-0.3, -0.25) is 0 Å². The van der Waals surface area contributed by atoms with Crippen molar-refractivity contribution in [2.45, 2.75) is 25.1 Å². The summed E-state index contributed by atoms with van der Waals surface area (Å²) in [6.07, 6.45) is -3.71. The lowest BCUT2D eigenvalue weighted by Gasteiger charge is -2.26. The molecule has 1 aliphatic carbocycles. The molecule has 0 aromatic heterocycles. The van der Waals surface area contributed by atoms with Gasteiger partial charge in [0.1, 0.15) is 11.4 Å². The Morgan fingerprint density at radius 3 is 2.53 bits per heavy atom. The molecule has 0 aromatic carbocycles. The van der Waals surface area contributed by atoms with Gasteiger partial charge in [0.2, 0.25) is 6.08 Å². The van der Waals surface area contributed by atoms with E-state index in [1.54, 1.807) is 0 Å². The van der Waals surface area contributed by atoms with Crippen LogP contribution in [0.25, 0.3) is 0 Å². The fourth-order valence-electron chi connectivity index (χ4n) is 1.56. The van der Waals surface area contributed by atoms with Crippen molar-refractivity contribution in [2.24, 2.45) is 4.99 Å². The summed E-state index contributed by atoms with van der Waals surface area (Å²) in [4.78, 5) is 13.3. The van der Waals surface area contributed by atoms with Crippen LogP contribution in [0.1, 0.15) is 13.3 Å². The molecule has 90 valence electrons. The maximum atomic E-state index is 13.3. The second-order valence-corrected chi connectivity index (χ2v) is 3.69. The zero-order valence-electron chi connectivity index (χ0n) is 8.60. The van der Waals surface area contributed by atoms with Crippen LogP contribution in [0.4, 0.5) is 17.6 Å². The molecule has 0 aromatic rings. The van der Waals surface area contributed by atoms with E-state index in [0.29, 0.717) is 6.08 Å². The van der Waals surface area contributed by atoms with Gasteiger partial charge < -0.3 is 0 Å². The first-order valence-electron chi connectivity index (χ1n) is 4.42. The molecule has 0 aliphatic heterocycles. The first-order valence-corrected chi connectivity index (χ1v) is 4.42. The second-order valence-electron chi connectivity index (χ2n) is 3.69. The summed E-state index contributed by atoms with van der Waals surface area (Å²) in [6, 6.07) is 1.29. The van der Waals surface area contributed by atoms with Crippen LogP contribution in [0.3, 0.4) is 0 Å².